The number of hydrogen-bond donors (Lipinski definition) is 1. The summed E-state index contributed by atoms with van der Waals surface area (Å²) in [6.07, 6.45) is 0. The van der Waals surface area contributed by atoms with E-state index in [1.54, 1.807) is 26.8 Å². The lowest BCUT2D eigenvalue weighted by Gasteiger charge is -2.06. The molecule has 0 spiro atoms. The molecule has 0 aliphatic rings. The zero-order valence-electron chi connectivity index (χ0n) is 19.1. The van der Waals surface area contributed by atoms with Gasteiger partial charge in [0.05, 0.1) is 35.0 Å². The van der Waals surface area contributed by atoms with Crippen molar-refractivity contribution in [2.75, 3.05) is 18.5 Å². The van der Waals surface area contributed by atoms with Gasteiger partial charge < -0.3 is 14.8 Å². The van der Waals surface area contributed by atoms with Crippen LogP contribution in [0.5, 0.6) is 0 Å². The number of anilines is 1. The van der Waals surface area contributed by atoms with Crippen LogP contribution < -0.4 is 5.32 Å². The number of rotatable bonds is 7. The highest BCUT2D eigenvalue weighted by Gasteiger charge is 2.28. The monoisotopic (exact) mass is 497 g/mol. The lowest BCUT2D eigenvalue weighted by molar-refractivity contribution is 0.0527. The zero-order chi connectivity index (χ0) is 24.4. The molecular formula is C24H23N3O5S2. The predicted octanol–water partition coefficient (Wildman–Crippen LogP) is 5.37. The molecule has 10 heteroatoms. The van der Waals surface area contributed by atoms with Gasteiger partial charge in [-0.15, -0.1) is 22.7 Å². The summed E-state index contributed by atoms with van der Waals surface area (Å²) in [7, 11) is 0. The average Bonchev–Trinajstić information content (AvgIpc) is 3.48. The largest absolute Gasteiger partial charge is 0.462 e. The van der Waals surface area contributed by atoms with Crippen LogP contribution in [0.3, 0.4) is 0 Å². The summed E-state index contributed by atoms with van der Waals surface area (Å²) in [5.74, 6) is -1.53. The van der Waals surface area contributed by atoms with Crippen molar-refractivity contribution >= 4 is 55.7 Å². The molecule has 1 aromatic carbocycles. The minimum absolute atomic E-state index is 0.163. The second-order valence-corrected chi connectivity index (χ2v) is 9.37. The highest BCUT2D eigenvalue weighted by Crippen LogP contribution is 2.36. The Bertz CT molecular complexity index is 1380. The Morgan fingerprint density at radius 1 is 1.00 bits per heavy atom. The fraction of sp³-hybridized carbons (Fsp3) is 0.250. The number of aryl methyl sites for hydroxylation is 1. The maximum Gasteiger partial charge on any atom is 0.348 e. The van der Waals surface area contributed by atoms with Crippen molar-refractivity contribution in [3.8, 4) is 5.69 Å². The van der Waals surface area contributed by atoms with Crippen molar-refractivity contribution in [3.63, 3.8) is 0 Å². The van der Waals surface area contributed by atoms with E-state index in [9.17, 15) is 14.4 Å². The number of esters is 2. The summed E-state index contributed by atoms with van der Waals surface area (Å²) in [6.45, 7) is 7.30. The number of hydrogen-bond acceptors (Lipinski definition) is 8. The average molecular weight is 498 g/mol. The van der Waals surface area contributed by atoms with E-state index < -0.39 is 11.9 Å². The van der Waals surface area contributed by atoms with Crippen LogP contribution in [0.4, 0.5) is 5.00 Å². The lowest BCUT2D eigenvalue weighted by Crippen LogP contribution is -2.14. The van der Waals surface area contributed by atoms with E-state index in [-0.39, 0.29) is 34.6 Å². The van der Waals surface area contributed by atoms with E-state index in [4.69, 9.17) is 9.47 Å². The summed E-state index contributed by atoms with van der Waals surface area (Å²) in [4.78, 5) is 39.7. The number of thiophene rings is 2. The summed E-state index contributed by atoms with van der Waals surface area (Å²) in [5.41, 5.74) is 2.28. The first-order valence-electron chi connectivity index (χ1n) is 10.7. The molecule has 176 valence electrons. The molecule has 1 N–H and O–H groups in total. The highest BCUT2D eigenvalue weighted by atomic mass is 32.1. The molecule has 0 radical (unpaired) electrons. The first kappa shape index (κ1) is 23.7. The molecule has 0 atom stereocenters. The molecule has 3 aromatic heterocycles. The molecule has 4 aromatic rings. The Balaban J connectivity index is 1.70. The first-order valence-corrected chi connectivity index (χ1v) is 12.3. The number of carbonyl (C=O) groups excluding carboxylic acids is 3. The molecule has 0 saturated carbocycles. The van der Waals surface area contributed by atoms with Crippen molar-refractivity contribution in [2.24, 2.45) is 0 Å². The zero-order valence-corrected chi connectivity index (χ0v) is 20.8. The molecule has 3 heterocycles. The summed E-state index contributed by atoms with van der Waals surface area (Å²) in [6, 6.07) is 11.5. The van der Waals surface area contributed by atoms with Crippen LogP contribution in [0.1, 0.15) is 54.8 Å². The molecule has 4 rings (SSSR count). The van der Waals surface area contributed by atoms with Crippen LogP contribution >= 0.6 is 22.7 Å². The number of ether oxygens (including phenoxy) is 2. The number of para-hydroxylation sites is 1. The first-order chi connectivity index (χ1) is 16.3. The number of fused-ring (bicyclic) bond motifs is 1. The molecule has 0 bridgehead atoms. The van der Waals surface area contributed by atoms with Crippen LogP contribution in [0.15, 0.2) is 36.4 Å². The van der Waals surface area contributed by atoms with Crippen molar-refractivity contribution < 1.29 is 23.9 Å². The van der Waals surface area contributed by atoms with Gasteiger partial charge in [0.25, 0.3) is 5.91 Å². The van der Waals surface area contributed by atoms with Gasteiger partial charge in [-0.1, -0.05) is 18.2 Å². The van der Waals surface area contributed by atoms with Gasteiger partial charge in [-0.05, 0) is 51.5 Å². The fourth-order valence-electron chi connectivity index (χ4n) is 3.51. The molecule has 0 aliphatic carbocycles. The molecule has 8 nitrogen and oxygen atoms in total. The van der Waals surface area contributed by atoms with Gasteiger partial charge in [0.1, 0.15) is 14.7 Å². The Morgan fingerprint density at radius 2 is 1.68 bits per heavy atom. The van der Waals surface area contributed by atoms with Crippen LogP contribution in [-0.2, 0) is 9.47 Å². The summed E-state index contributed by atoms with van der Waals surface area (Å²) >= 11 is 2.31. The molecule has 34 heavy (non-hydrogen) atoms. The minimum Gasteiger partial charge on any atom is -0.462 e. The van der Waals surface area contributed by atoms with Crippen molar-refractivity contribution in [1.29, 1.82) is 0 Å². The predicted molar refractivity (Wildman–Crippen MR) is 133 cm³/mol. The van der Waals surface area contributed by atoms with Gasteiger partial charge in [0.2, 0.25) is 0 Å². The second-order valence-electron chi connectivity index (χ2n) is 7.32. The molecular weight excluding hydrogens is 474 g/mol. The van der Waals surface area contributed by atoms with E-state index in [2.05, 4.69) is 10.4 Å². The number of nitrogens with zero attached hydrogens (tertiary/aromatic N) is 2. The number of benzene rings is 1. The second kappa shape index (κ2) is 9.78. The third-order valence-corrected chi connectivity index (χ3v) is 7.38. The summed E-state index contributed by atoms with van der Waals surface area (Å²) in [5, 5.41) is 8.53. The highest BCUT2D eigenvalue weighted by molar-refractivity contribution is 7.21. The Hall–Kier alpha value is -3.50. The van der Waals surface area contributed by atoms with E-state index in [1.807, 2.05) is 41.9 Å². The molecule has 0 aliphatic heterocycles. The number of carbonyl (C=O) groups is 3. The maximum atomic E-state index is 13.2. The van der Waals surface area contributed by atoms with Gasteiger partial charge in [0.15, 0.2) is 0 Å². The topological polar surface area (TPSA) is 99.5 Å². The van der Waals surface area contributed by atoms with Crippen molar-refractivity contribution in [3.05, 3.63) is 63.0 Å². The van der Waals surface area contributed by atoms with Gasteiger partial charge in [0, 0.05) is 5.39 Å². The van der Waals surface area contributed by atoms with Crippen molar-refractivity contribution in [2.45, 2.75) is 27.7 Å². The van der Waals surface area contributed by atoms with E-state index >= 15 is 0 Å². The SMILES string of the molecule is CCOC(=O)c1sc(NC(=O)c2cc3c(C)nn(-c4ccccc4)c3s2)c(C(=O)OCC)c1C. The molecule has 0 saturated heterocycles. The van der Waals surface area contributed by atoms with Gasteiger partial charge in [-0.25, -0.2) is 14.3 Å². The Labute approximate surface area is 204 Å². The number of aromatic nitrogens is 2. The van der Waals surface area contributed by atoms with Crippen LogP contribution in [0, 0.1) is 13.8 Å². The van der Waals surface area contributed by atoms with Gasteiger partial charge in [-0.3, -0.25) is 4.79 Å². The van der Waals surface area contributed by atoms with Crippen molar-refractivity contribution in [1.82, 2.24) is 9.78 Å². The standard InChI is InChI=1S/C24H23N3O5S2/c1-5-31-23(29)18-13(3)19(24(30)32-6-2)34-21(18)25-20(28)17-12-16-14(4)26-27(22(16)33-17)15-10-8-7-9-11-15/h7-12H,5-6H2,1-4H3,(H,25,28). The normalized spacial score (nSPS) is 10.9. The van der Waals surface area contributed by atoms with Gasteiger partial charge >= 0.3 is 11.9 Å². The van der Waals surface area contributed by atoms with Gasteiger partial charge in [-0.2, -0.15) is 5.10 Å². The minimum atomic E-state index is -0.603. The van der Waals surface area contributed by atoms with E-state index in [0.717, 1.165) is 32.9 Å². The third-order valence-electron chi connectivity index (χ3n) is 5.08. The quantitative estimate of drug-likeness (QED) is 0.345. The maximum absolute atomic E-state index is 13.2. The number of nitrogens with one attached hydrogen (secondary N) is 1. The third kappa shape index (κ3) is 4.34. The molecule has 1 amide bonds. The summed E-state index contributed by atoms with van der Waals surface area (Å²) < 4.78 is 12.1. The lowest BCUT2D eigenvalue weighted by atomic mass is 10.1. The molecule has 0 unspecified atom stereocenters. The Morgan fingerprint density at radius 3 is 2.35 bits per heavy atom. The fourth-order valence-corrected chi connectivity index (χ4v) is 5.67. The van der Waals surface area contributed by atoms with E-state index in [0.29, 0.717) is 10.4 Å². The van der Waals surface area contributed by atoms with Crippen LogP contribution in [0.25, 0.3) is 15.9 Å². The number of amides is 1. The van der Waals surface area contributed by atoms with Crippen LogP contribution in [-0.4, -0.2) is 40.8 Å². The smallest absolute Gasteiger partial charge is 0.348 e. The molecule has 0 fully saturated rings. The Kier molecular flexibility index (Phi) is 6.80. The van der Waals surface area contributed by atoms with E-state index in [1.165, 1.54) is 11.3 Å². The van der Waals surface area contributed by atoms with Crippen LogP contribution in [0.2, 0.25) is 0 Å².